The summed E-state index contributed by atoms with van der Waals surface area (Å²) in [7, 11) is 0. The normalized spacial score (nSPS) is 8.50. The molecule has 1 aromatic carbocycles. The van der Waals surface area contributed by atoms with Crippen LogP contribution in [0.15, 0.2) is 43.2 Å². The summed E-state index contributed by atoms with van der Waals surface area (Å²) in [6.07, 6.45) is 1.54. The van der Waals surface area contributed by atoms with Gasteiger partial charge in [0.25, 0.3) is 0 Å². The number of carboxylic acids is 1. The van der Waals surface area contributed by atoms with Crippen LogP contribution in [0, 0.1) is 0 Å². The Labute approximate surface area is 106 Å². The molecule has 0 aliphatic heterocycles. The lowest BCUT2D eigenvalue weighted by molar-refractivity contribution is -0.139. The molecule has 0 saturated heterocycles. The standard InChI is InChI=1S/C8H8O3.C5H8O2/c9-8(10)6-11-7-4-2-1-3-5-7;1-3-5(6)7-4-2/h1-5H,6H2,(H,9,10);4H,2-3H2,1H3. The molecule has 5 nitrogen and oxygen atoms in total. The van der Waals surface area contributed by atoms with Crippen LogP contribution in [-0.2, 0) is 14.3 Å². The smallest absolute Gasteiger partial charge is 0.341 e. The van der Waals surface area contributed by atoms with Crippen molar-refractivity contribution in [2.24, 2.45) is 0 Å². The summed E-state index contributed by atoms with van der Waals surface area (Å²) in [6, 6.07) is 8.84. The van der Waals surface area contributed by atoms with Gasteiger partial charge in [0.1, 0.15) is 5.75 Å². The number of carbonyl (C=O) groups excluding carboxylic acids is 1. The highest BCUT2D eigenvalue weighted by Crippen LogP contribution is 2.07. The minimum Gasteiger partial charge on any atom is -0.482 e. The molecule has 18 heavy (non-hydrogen) atoms. The maximum absolute atomic E-state index is 10.1. The quantitative estimate of drug-likeness (QED) is 0.642. The number of carbonyl (C=O) groups is 2. The number of para-hydroxylation sites is 1. The Morgan fingerprint density at radius 2 is 1.94 bits per heavy atom. The Balaban J connectivity index is 0.000000360. The summed E-state index contributed by atoms with van der Waals surface area (Å²) < 4.78 is 9.18. The maximum Gasteiger partial charge on any atom is 0.341 e. The van der Waals surface area contributed by atoms with Gasteiger partial charge >= 0.3 is 11.9 Å². The second kappa shape index (κ2) is 9.89. The van der Waals surface area contributed by atoms with Crippen molar-refractivity contribution in [1.29, 1.82) is 0 Å². The van der Waals surface area contributed by atoms with E-state index in [4.69, 9.17) is 9.84 Å². The van der Waals surface area contributed by atoms with E-state index in [0.717, 1.165) is 6.26 Å². The van der Waals surface area contributed by atoms with Gasteiger partial charge in [0.2, 0.25) is 0 Å². The van der Waals surface area contributed by atoms with Gasteiger partial charge in [-0.3, -0.25) is 4.79 Å². The van der Waals surface area contributed by atoms with Gasteiger partial charge in [-0.05, 0) is 12.1 Å². The predicted molar refractivity (Wildman–Crippen MR) is 66.2 cm³/mol. The first-order valence-electron chi connectivity index (χ1n) is 5.30. The van der Waals surface area contributed by atoms with Crippen LogP contribution in [0.5, 0.6) is 5.75 Å². The van der Waals surface area contributed by atoms with Crippen LogP contribution >= 0.6 is 0 Å². The number of ether oxygens (including phenoxy) is 2. The molecular weight excluding hydrogens is 236 g/mol. The summed E-state index contributed by atoms with van der Waals surface area (Å²) in [5.74, 6) is -0.626. The highest BCUT2D eigenvalue weighted by atomic mass is 16.5. The molecule has 1 N–H and O–H groups in total. The van der Waals surface area contributed by atoms with E-state index in [9.17, 15) is 9.59 Å². The van der Waals surface area contributed by atoms with Gasteiger partial charge in [0.15, 0.2) is 6.61 Å². The number of esters is 1. The Morgan fingerprint density at radius 3 is 2.33 bits per heavy atom. The highest BCUT2D eigenvalue weighted by Gasteiger charge is 1.96. The predicted octanol–water partition coefficient (Wildman–Crippen LogP) is 2.23. The Bertz CT molecular complexity index is 372. The van der Waals surface area contributed by atoms with Crippen molar-refractivity contribution in [2.45, 2.75) is 13.3 Å². The first-order chi connectivity index (χ1) is 8.60. The zero-order valence-electron chi connectivity index (χ0n) is 10.2. The molecule has 0 radical (unpaired) electrons. The average molecular weight is 252 g/mol. The molecule has 1 aromatic rings. The van der Waals surface area contributed by atoms with Gasteiger partial charge < -0.3 is 14.6 Å². The fraction of sp³-hybridized carbons (Fsp3) is 0.231. The first kappa shape index (κ1) is 15.7. The fourth-order valence-corrected chi connectivity index (χ4v) is 0.838. The lowest BCUT2D eigenvalue weighted by atomic mass is 10.3. The molecule has 0 unspecified atom stereocenters. The third kappa shape index (κ3) is 8.96. The zero-order chi connectivity index (χ0) is 13.8. The molecule has 0 heterocycles. The average Bonchev–Trinajstić information content (AvgIpc) is 2.38. The number of hydrogen-bond donors (Lipinski definition) is 1. The lowest BCUT2D eigenvalue weighted by Crippen LogP contribution is -2.09. The summed E-state index contributed by atoms with van der Waals surface area (Å²) in [4.78, 5) is 20.2. The maximum atomic E-state index is 10.1. The lowest BCUT2D eigenvalue weighted by Gasteiger charge is -2.00. The largest absolute Gasteiger partial charge is 0.482 e. The monoisotopic (exact) mass is 252 g/mol. The topological polar surface area (TPSA) is 72.8 Å². The van der Waals surface area contributed by atoms with Gasteiger partial charge in [-0.1, -0.05) is 31.7 Å². The summed E-state index contributed by atoms with van der Waals surface area (Å²) in [5, 5.41) is 8.25. The Morgan fingerprint density at radius 1 is 1.33 bits per heavy atom. The van der Waals surface area contributed by atoms with Crippen molar-refractivity contribution < 1.29 is 24.2 Å². The van der Waals surface area contributed by atoms with E-state index in [-0.39, 0.29) is 12.6 Å². The highest BCUT2D eigenvalue weighted by molar-refractivity contribution is 5.69. The number of aliphatic carboxylic acids is 1. The summed E-state index contributed by atoms with van der Waals surface area (Å²) >= 11 is 0. The zero-order valence-corrected chi connectivity index (χ0v) is 10.2. The van der Waals surface area contributed by atoms with E-state index in [1.165, 1.54) is 0 Å². The minimum absolute atomic E-state index is 0.241. The van der Waals surface area contributed by atoms with Crippen molar-refractivity contribution in [1.82, 2.24) is 0 Å². The molecule has 0 aromatic heterocycles. The van der Waals surface area contributed by atoms with Gasteiger partial charge in [0, 0.05) is 6.42 Å². The molecule has 0 bridgehead atoms. The van der Waals surface area contributed by atoms with Crippen LogP contribution < -0.4 is 4.74 Å². The van der Waals surface area contributed by atoms with Crippen LogP contribution in [0.3, 0.4) is 0 Å². The van der Waals surface area contributed by atoms with Gasteiger partial charge in [-0.2, -0.15) is 0 Å². The minimum atomic E-state index is -0.964. The van der Waals surface area contributed by atoms with E-state index in [2.05, 4.69) is 11.3 Å². The molecule has 1 rings (SSSR count). The Hall–Kier alpha value is -2.30. The molecule has 0 fully saturated rings. The molecule has 0 saturated carbocycles. The second-order valence-electron chi connectivity index (χ2n) is 3.01. The van der Waals surface area contributed by atoms with Gasteiger partial charge in [-0.15, -0.1) is 0 Å². The van der Waals surface area contributed by atoms with Crippen LogP contribution in [0.4, 0.5) is 0 Å². The molecule has 0 aliphatic rings. The van der Waals surface area contributed by atoms with Crippen LogP contribution in [0.1, 0.15) is 13.3 Å². The van der Waals surface area contributed by atoms with Crippen LogP contribution in [0.25, 0.3) is 0 Å². The van der Waals surface area contributed by atoms with E-state index >= 15 is 0 Å². The number of benzene rings is 1. The third-order valence-corrected chi connectivity index (χ3v) is 1.61. The molecule has 0 amide bonds. The fourth-order valence-electron chi connectivity index (χ4n) is 0.838. The van der Waals surface area contributed by atoms with E-state index in [1.807, 2.05) is 6.07 Å². The van der Waals surface area contributed by atoms with Crippen LogP contribution in [0.2, 0.25) is 0 Å². The first-order valence-corrected chi connectivity index (χ1v) is 5.30. The number of carboxylic acid groups (broad SMARTS) is 1. The summed E-state index contributed by atoms with van der Waals surface area (Å²) in [5.41, 5.74) is 0. The summed E-state index contributed by atoms with van der Waals surface area (Å²) in [6.45, 7) is 4.65. The molecule has 5 heteroatoms. The molecule has 0 aliphatic carbocycles. The van der Waals surface area contributed by atoms with E-state index in [1.54, 1.807) is 31.2 Å². The number of rotatable bonds is 5. The number of hydrogen-bond acceptors (Lipinski definition) is 4. The van der Waals surface area contributed by atoms with Gasteiger partial charge in [-0.25, -0.2) is 4.79 Å². The van der Waals surface area contributed by atoms with Gasteiger partial charge in [0.05, 0.1) is 6.26 Å². The molecule has 0 spiro atoms. The molecular formula is C13H16O5. The van der Waals surface area contributed by atoms with Crippen molar-refractivity contribution in [3.05, 3.63) is 43.2 Å². The molecule has 0 atom stereocenters. The van der Waals surface area contributed by atoms with E-state index < -0.39 is 5.97 Å². The van der Waals surface area contributed by atoms with Crippen LogP contribution in [-0.4, -0.2) is 23.7 Å². The van der Waals surface area contributed by atoms with Crippen molar-refractivity contribution >= 4 is 11.9 Å². The SMILES string of the molecule is C=COC(=O)CC.O=C(O)COc1ccccc1. The second-order valence-corrected chi connectivity index (χ2v) is 3.01. The van der Waals surface area contributed by atoms with Crippen molar-refractivity contribution in [3.63, 3.8) is 0 Å². The van der Waals surface area contributed by atoms with E-state index in [0.29, 0.717) is 12.2 Å². The molecule has 98 valence electrons. The Kier molecular flexibility index (Phi) is 8.63. The van der Waals surface area contributed by atoms with Crippen molar-refractivity contribution in [3.8, 4) is 5.75 Å². The third-order valence-electron chi connectivity index (χ3n) is 1.61. The van der Waals surface area contributed by atoms with Crippen molar-refractivity contribution in [2.75, 3.05) is 6.61 Å².